The van der Waals surface area contributed by atoms with Crippen molar-refractivity contribution in [1.82, 2.24) is 0 Å². The van der Waals surface area contributed by atoms with Crippen LogP contribution in [0.4, 0.5) is 0 Å². The molecule has 0 radical (unpaired) electrons. The van der Waals surface area contributed by atoms with Gasteiger partial charge in [-0.3, -0.25) is 0 Å². The first kappa shape index (κ1) is 7.25. The van der Waals surface area contributed by atoms with E-state index in [1.54, 1.807) is 0 Å². The standard InChI is InChI=1S/C6H4.C2H8N2/c1-2-5-4-6(5)3-1;3-1-2-4/h1-4H;1-4H2. The van der Waals surface area contributed by atoms with Crippen LogP contribution in [-0.2, 0) is 0 Å². The Morgan fingerprint density at radius 2 is 1.50 bits per heavy atom. The summed E-state index contributed by atoms with van der Waals surface area (Å²) in [5.41, 5.74) is 12.7. The Balaban J connectivity index is 0.000000112. The summed E-state index contributed by atoms with van der Waals surface area (Å²) < 4.78 is 0. The lowest BCUT2D eigenvalue weighted by atomic mass is 10.6. The van der Waals surface area contributed by atoms with Gasteiger partial charge in [-0.2, -0.15) is 0 Å². The molecule has 0 saturated heterocycles. The van der Waals surface area contributed by atoms with Gasteiger partial charge in [0.25, 0.3) is 0 Å². The molecule has 2 aliphatic carbocycles. The molecular weight excluding hydrogens is 124 g/mol. The van der Waals surface area contributed by atoms with Gasteiger partial charge in [-0.05, 0) is 17.2 Å². The van der Waals surface area contributed by atoms with Crippen LogP contribution in [0.25, 0.3) is 11.1 Å². The quantitative estimate of drug-likeness (QED) is 0.602. The van der Waals surface area contributed by atoms with Crippen molar-refractivity contribution >= 4 is 0 Å². The summed E-state index contributed by atoms with van der Waals surface area (Å²) in [6, 6.07) is 8.48. The topological polar surface area (TPSA) is 52.0 Å². The molecule has 0 bridgehead atoms. The lowest BCUT2D eigenvalue weighted by Gasteiger charge is -1.72. The Labute approximate surface area is 60.8 Å². The van der Waals surface area contributed by atoms with E-state index in [0.717, 1.165) is 0 Å². The first-order valence-electron chi connectivity index (χ1n) is 3.39. The highest BCUT2D eigenvalue weighted by Crippen LogP contribution is 2.32. The summed E-state index contributed by atoms with van der Waals surface area (Å²) >= 11 is 0. The van der Waals surface area contributed by atoms with Crippen LogP contribution in [0.5, 0.6) is 0 Å². The summed E-state index contributed by atoms with van der Waals surface area (Å²) in [6.45, 7) is 1.19. The van der Waals surface area contributed by atoms with Crippen molar-refractivity contribution in [2.45, 2.75) is 0 Å². The molecule has 0 fully saturated rings. The molecule has 0 atom stereocenters. The van der Waals surface area contributed by atoms with E-state index in [2.05, 4.69) is 24.3 Å². The van der Waals surface area contributed by atoms with Gasteiger partial charge in [0.1, 0.15) is 0 Å². The van der Waals surface area contributed by atoms with Gasteiger partial charge >= 0.3 is 0 Å². The average Bonchev–Trinajstić information content (AvgIpc) is 2.60. The minimum absolute atomic E-state index is 0.597. The minimum Gasteiger partial charge on any atom is -0.329 e. The smallest absolute Gasteiger partial charge is 0.00461 e. The predicted molar refractivity (Wildman–Crippen MR) is 43.5 cm³/mol. The first-order chi connectivity index (χ1) is 4.88. The van der Waals surface area contributed by atoms with Gasteiger partial charge in [0.2, 0.25) is 0 Å². The van der Waals surface area contributed by atoms with Crippen molar-refractivity contribution in [1.29, 1.82) is 0 Å². The second-order valence-electron chi connectivity index (χ2n) is 2.16. The second-order valence-corrected chi connectivity index (χ2v) is 2.16. The second kappa shape index (κ2) is 3.34. The van der Waals surface area contributed by atoms with Crippen LogP contribution in [0.1, 0.15) is 0 Å². The molecule has 2 rings (SSSR count). The predicted octanol–water partition coefficient (Wildman–Crippen LogP) is 0.571. The maximum Gasteiger partial charge on any atom is 0.00461 e. The number of hydrogen-bond acceptors (Lipinski definition) is 2. The Kier molecular flexibility index (Phi) is 2.42. The highest BCUT2D eigenvalue weighted by molar-refractivity contribution is 5.80. The fourth-order valence-corrected chi connectivity index (χ4v) is 0.676. The van der Waals surface area contributed by atoms with E-state index in [-0.39, 0.29) is 0 Å². The maximum atomic E-state index is 4.90. The summed E-state index contributed by atoms with van der Waals surface area (Å²) in [5.74, 6) is 0. The van der Waals surface area contributed by atoms with E-state index >= 15 is 0 Å². The number of hydrogen-bond donors (Lipinski definition) is 2. The number of nitrogens with two attached hydrogens (primary N) is 2. The third-order valence-electron chi connectivity index (χ3n) is 1.28. The normalized spacial score (nSPS) is 9.80. The molecule has 0 saturated carbocycles. The van der Waals surface area contributed by atoms with Crippen molar-refractivity contribution in [3.8, 4) is 11.1 Å². The largest absolute Gasteiger partial charge is 0.329 e. The molecule has 0 aliphatic heterocycles. The minimum atomic E-state index is 0.597. The fraction of sp³-hybridized carbons (Fsp3) is 0.250. The van der Waals surface area contributed by atoms with Crippen molar-refractivity contribution < 1.29 is 0 Å². The fourth-order valence-electron chi connectivity index (χ4n) is 0.676. The Hall–Kier alpha value is -0.860. The van der Waals surface area contributed by atoms with Crippen molar-refractivity contribution in [3.63, 3.8) is 0 Å². The van der Waals surface area contributed by atoms with E-state index in [1.165, 1.54) is 11.1 Å². The van der Waals surface area contributed by atoms with Crippen LogP contribution in [0.15, 0.2) is 24.3 Å². The molecule has 4 N–H and O–H groups in total. The number of rotatable bonds is 1. The highest BCUT2D eigenvalue weighted by Gasteiger charge is 2.06. The lowest BCUT2D eigenvalue weighted by Crippen LogP contribution is -2.11. The molecule has 0 aromatic carbocycles. The molecule has 0 spiro atoms. The molecule has 0 aromatic rings. The van der Waals surface area contributed by atoms with Gasteiger partial charge in [-0.1, -0.05) is 18.2 Å². The van der Waals surface area contributed by atoms with Gasteiger partial charge in [-0.15, -0.1) is 0 Å². The van der Waals surface area contributed by atoms with Crippen LogP contribution >= 0.6 is 0 Å². The molecule has 10 heavy (non-hydrogen) atoms. The number of fused-ring (bicyclic) bond motifs is 1. The zero-order valence-electron chi connectivity index (χ0n) is 5.88. The Morgan fingerprint density at radius 3 is 1.60 bits per heavy atom. The monoisotopic (exact) mass is 136 g/mol. The molecule has 2 heteroatoms. The van der Waals surface area contributed by atoms with Gasteiger partial charge in [0.15, 0.2) is 0 Å². The third-order valence-corrected chi connectivity index (χ3v) is 1.28. The van der Waals surface area contributed by atoms with Gasteiger partial charge < -0.3 is 11.5 Å². The van der Waals surface area contributed by atoms with Crippen molar-refractivity contribution in [2.24, 2.45) is 11.5 Å². The average molecular weight is 136 g/mol. The molecule has 2 nitrogen and oxygen atoms in total. The van der Waals surface area contributed by atoms with Gasteiger partial charge in [-0.25, -0.2) is 0 Å². The van der Waals surface area contributed by atoms with E-state index in [4.69, 9.17) is 11.5 Å². The van der Waals surface area contributed by atoms with Crippen LogP contribution in [0.3, 0.4) is 0 Å². The zero-order valence-corrected chi connectivity index (χ0v) is 5.88. The summed E-state index contributed by atoms with van der Waals surface area (Å²) in [7, 11) is 0. The first-order valence-corrected chi connectivity index (χ1v) is 3.39. The Morgan fingerprint density at radius 1 is 1.00 bits per heavy atom. The third kappa shape index (κ3) is 1.83. The van der Waals surface area contributed by atoms with E-state index in [1.807, 2.05) is 0 Å². The molecule has 0 amide bonds. The van der Waals surface area contributed by atoms with Gasteiger partial charge in [0.05, 0.1) is 0 Å². The SMILES string of the molecule is NCCN.c1cc2cc-2c1. The van der Waals surface area contributed by atoms with Gasteiger partial charge in [0, 0.05) is 13.1 Å². The molecule has 0 heterocycles. The highest BCUT2D eigenvalue weighted by atomic mass is 14.6. The Bertz CT molecular complexity index is 189. The summed E-state index contributed by atoms with van der Waals surface area (Å²) in [4.78, 5) is 0. The summed E-state index contributed by atoms with van der Waals surface area (Å²) in [5, 5.41) is 0. The van der Waals surface area contributed by atoms with Crippen molar-refractivity contribution in [3.05, 3.63) is 24.3 Å². The van der Waals surface area contributed by atoms with Crippen LogP contribution in [0.2, 0.25) is 0 Å². The number of benzene rings is 1. The summed E-state index contributed by atoms with van der Waals surface area (Å²) in [6.07, 6.45) is 0. The molecule has 0 unspecified atom stereocenters. The van der Waals surface area contributed by atoms with E-state index in [9.17, 15) is 0 Å². The van der Waals surface area contributed by atoms with Crippen LogP contribution in [-0.4, -0.2) is 13.1 Å². The van der Waals surface area contributed by atoms with Crippen LogP contribution < -0.4 is 11.5 Å². The molecule has 54 valence electrons. The van der Waals surface area contributed by atoms with E-state index < -0.39 is 0 Å². The van der Waals surface area contributed by atoms with Crippen molar-refractivity contribution in [2.75, 3.05) is 13.1 Å². The van der Waals surface area contributed by atoms with E-state index in [0.29, 0.717) is 13.1 Å². The lowest BCUT2D eigenvalue weighted by molar-refractivity contribution is 0.976. The molecule has 2 aliphatic rings. The molecule has 0 aromatic heterocycles. The molecular formula is C8H12N2. The van der Waals surface area contributed by atoms with Crippen LogP contribution in [0, 0.1) is 0 Å². The maximum absolute atomic E-state index is 4.90. The zero-order chi connectivity index (χ0) is 7.40.